The van der Waals surface area contributed by atoms with Crippen molar-refractivity contribution < 1.29 is 20.1 Å². The molecule has 1 aliphatic carbocycles. The van der Waals surface area contributed by atoms with E-state index in [-0.39, 0.29) is 18.8 Å². The Morgan fingerprint density at radius 3 is 2.00 bits per heavy atom. The molecule has 1 rings (SSSR count). The maximum absolute atomic E-state index is 10.5. The first-order chi connectivity index (χ1) is 5.52. The fraction of sp³-hybridized carbons (Fsp3) is 0.875. The molecule has 0 bridgehead atoms. The lowest BCUT2D eigenvalue weighted by Crippen LogP contribution is -2.40. The molecule has 0 aromatic heterocycles. The number of aliphatic carboxylic acids is 1. The number of carboxylic acid groups (broad SMARTS) is 1. The van der Waals surface area contributed by atoms with E-state index in [0.29, 0.717) is 0 Å². The number of carbonyl (C=O) groups is 1. The fourth-order valence-corrected chi connectivity index (χ4v) is 1.57. The van der Waals surface area contributed by atoms with Crippen LogP contribution in [-0.2, 0) is 4.79 Å². The van der Waals surface area contributed by atoms with Gasteiger partial charge in [-0.25, -0.2) is 0 Å². The molecule has 0 aliphatic heterocycles. The monoisotopic (exact) mass is 174 g/mol. The van der Waals surface area contributed by atoms with Gasteiger partial charge < -0.3 is 15.3 Å². The first kappa shape index (κ1) is 9.48. The normalized spacial score (nSPS) is 42.6. The summed E-state index contributed by atoms with van der Waals surface area (Å²) < 4.78 is 0. The second-order valence-corrected chi connectivity index (χ2v) is 3.50. The Bertz CT molecular complexity index is 168. The van der Waals surface area contributed by atoms with E-state index in [0.717, 1.165) is 0 Å². The smallest absolute Gasteiger partial charge is 0.306 e. The molecule has 70 valence electrons. The van der Waals surface area contributed by atoms with Crippen molar-refractivity contribution in [1.29, 1.82) is 0 Å². The topological polar surface area (TPSA) is 77.8 Å². The Morgan fingerprint density at radius 1 is 1.25 bits per heavy atom. The Balaban J connectivity index is 2.59. The van der Waals surface area contributed by atoms with E-state index in [1.165, 1.54) is 0 Å². The largest absolute Gasteiger partial charge is 0.481 e. The van der Waals surface area contributed by atoms with Crippen molar-refractivity contribution in [3.63, 3.8) is 0 Å². The van der Waals surface area contributed by atoms with Crippen LogP contribution in [0.3, 0.4) is 0 Å². The van der Waals surface area contributed by atoms with Crippen molar-refractivity contribution in [3.05, 3.63) is 0 Å². The molecule has 0 aromatic carbocycles. The van der Waals surface area contributed by atoms with Crippen LogP contribution in [0, 0.1) is 11.8 Å². The van der Waals surface area contributed by atoms with Crippen LogP contribution in [0.2, 0.25) is 0 Å². The summed E-state index contributed by atoms with van der Waals surface area (Å²) in [6.07, 6.45) is -0.856. The molecule has 0 aromatic rings. The number of aliphatic hydroxyl groups is 2. The zero-order valence-corrected chi connectivity index (χ0v) is 6.97. The summed E-state index contributed by atoms with van der Waals surface area (Å²) in [5.74, 6) is -1.73. The summed E-state index contributed by atoms with van der Waals surface area (Å²) in [5, 5.41) is 27.3. The van der Waals surface area contributed by atoms with E-state index in [1.54, 1.807) is 6.92 Å². The van der Waals surface area contributed by atoms with Crippen molar-refractivity contribution >= 4 is 5.97 Å². The third kappa shape index (κ3) is 1.76. The molecular weight excluding hydrogens is 160 g/mol. The minimum Gasteiger partial charge on any atom is -0.481 e. The summed E-state index contributed by atoms with van der Waals surface area (Å²) in [5.41, 5.74) is 0. The van der Waals surface area contributed by atoms with Gasteiger partial charge in [0.1, 0.15) is 0 Å². The molecule has 0 saturated heterocycles. The van der Waals surface area contributed by atoms with Crippen molar-refractivity contribution in [2.45, 2.75) is 32.0 Å². The molecule has 3 N–H and O–H groups in total. The lowest BCUT2D eigenvalue weighted by atomic mass is 9.79. The van der Waals surface area contributed by atoms with E-state index in [2.05, 4.69) is 0 Å². The third-order valence-electron chi connectivity index (χ3n) is 2.62. The molecule has 1 aliphatic rings. The maximum atomic E-state index is 10.5. The molecule has 0 heterocycles. The van der Waals surface area contributed by atoms with Gasteiger partial charge in [0, 0.05) is 5.92 Å². The summed E-state index contributed by atoms with van der Waals surface area (Å²) >= 11 is 0. The number of rotatable bonds is 1. The van der Waals surface area contributed by atoms with Gasteiger partial charge in [-0.1, -0.05) is 6.92 Å². The average molecular weight is 174 g/mol. The van der Waals surface area contributed by atoms with E-state index < -0.39 is 24.1 Å². The fourth-order valence-electron chi connectivity index (χ4n) is 1.57. The van der Waals surface area contributed by atoms with Gasteiger partial charge in [-0.05, 0) is 12.8 Å². The second-order valence-electron chi connectivity index (χ2n) is 3.50. The Labute approximate surface area is 70.8 Å². The number of carboxylic acids is 1. The highest BCUT2D eigenvalue weighted by molar-refractivity contribution is 5.70. The first-order valence-corrected chi connectivity index (χ1v) is 4.11. The van der Waals surface area contributed by atoms with E-state index in [1.807, 2.05) is 0 Å². The zero-order chi connectivity index (χ0) is 9.30. The van der Waals surface area contributed by atoms with E-state index in [9.17, 15) is 15.0 Å². The van der Waals surface area contributed by atoms with Gasteiger partial charge in [-0.3, -0.25) is 4.79 Å². The van der Waals surface area contributed by atoms with Crippen LogP contribution in [0.25, 0.3) is 0 Å². The minimum atomic E-state index is -0.931. The molecule has 4 nitrogen and oxygen atoms in total. The summed E-state index contributed by atoms with van der Waals surface area (Å²) in [7, 11) is 0. The highest BCUT2D eigenvalue weighted by Gasteiger charge is 2.36. The van der Waals surface area contributed by atoms with E-state index >= 15 is 0 Å². The van der Waals surface area contributed by atoms with Gasteiger partial charge in [-0.2, -0.15) is 0 Å². The first-order valence-electron chi connectivity index (χ1n) is 4.11. The van der Waals surface area contributed by atoms with Gasteiger partial charge in [0.15, 0.2) is 0 Å². The Morgan fingerprint density at radius 2 is 1.67 bits per heavy atom. The highest BCUT2D eigenvalue weighted by Crippen LogP contribution is 2.29. The van der Waals surface area contributed by atoms with Gasteiger partial charge in [-0.15, -0.1) is 0 Å². The Kier molecular flexibility index (Phi) is 2.69. The Hall–Kier alpha value is -0.610. The molecular formula is C8H14O4. The molecule has 1 fully saturated rings. The van der Waals surface area contributed by atoms with Crippen LogP contribution in [-0.4, -0.2) is 33.5 Å². The summed E-state index contributed by atoms with van der Waals surface area (Å²) in [4.78, 5) is 10.5. The van der Waals surface area contributed by atoms with E-state index in [4.69, 9.17) is 5.11 Å². The lowest BCUT2D eigenvalue weighted by molar-refractivity contribution is -0.148. The van der Waals surface area contributed by atoms with Crippen LogP contribution in [0.15, 0.2) is 0 Å². The standard InChI is InChI=1S/C8H14O4/c1-4-6(9)2-5(8(11)12)3-7(4)10/h4-7,9-10H,2-3H2,1H3,(H,11,12). The van der Waals surface area contributed by atoms with Gasteiger partial charge >= 0.3 is 5.97 Å². The molecule has 0 spiro atoms. The molecule has 0 amide bonds. The van der Waals surface area contributed by atoms with Crippen molar-refractivity contribution in [1.82, 2.24) is 0 Å². The summed E-state index contributed by atoms with van der Waals surface area (Å²) in [6, 6.07) is 0. The predicted octanol–water partition coefficient (Wildman–Crippen LogP) is -0.161. The van der Waals surface area contributed by atoms with Gasteiger partial charge in [0.2, 0.25) is 0 Å². The SMILES string of the molecule is CC1C(O)CC(C(=O)O)CC1O. The highest BCUT2D eigenvalue weighted by atomic mass is 16.4. The number of aliphatic hydroxyl groups excluding tert-OH is 2. The van der Waals surface area contributed by atoms with Crippen molar-refractivity contribution in [2.75, 3.05) is 0 Å². The van der Waals surface area contributed by atoms with Gasteiger partial charge in [0.05, 0.1) is 18.1 Å². The minimum absolute atomic E-state index is 0.208. The van der Waals surface area contributed by atoms with Gasteiger partial charge in [0.25, 0.3) is 0 Å². The second kappa shape index (κ2) is 3.41. The number of hydrogen-bond acceptors (Lipinski definition) is 3. The molecule has 0 radical (unpaired) electrons. The average Bonchev–Trinajstić information content (AvgIpc) is 1.99. The molecule has 2 unspecified atom stereocenters. The van der Waals surface area contributed by atoms with Crippen molar-refractivity contribution in [2.24, 2.45) is 11.8 Å². The van der Waals surface area contributed by atoms with Crippen LogP contribution in [0.4, 0.5) is 0 Å². The predicted molar refractivity (Wildman–Crippen MR) is 41.5 cm³/mol. The molecule has 2 atom stereocenters. The van der Waals surface area contributed by atoms with Crippen LogP contribution < -0.4 is 0 Å². The molecule has 4 heteroatoms. The zero-order valence-electron chi connectivity index (χ0n) is 6.97. The third-order valence-corrected chi connectivity index (χ3v) is 2.62. The van der Waals surface area contributed by atoms with Crippen molar-refractivity contribution in [3.8, 4) is 0 Å². The van der Waals surface area contributed by atoms with Crippen LogP contribution >= 0.6 is 0 Å². The molecule has 1 saturated carbocycles. The van der Waals surface area contributed by atoms with Crippen LogP contribution in [0.5, 0.6) is 0 Å². The lowest BCUT2D eigenvalue weighted by Gasteiger charge is -2.32. The van der Waals surface area contributed by atoms with Crippen LogP contribution in [0.1, 0.15) is 19.8 Å². The number of hydrogen-bond donors (Lipinski definition) is 3. The maximum Gasteiger partial charge on any atom is 0.306 e. The summed E-state index contributed by atoms with van der Waals surface area (Å²) in [6.45, 7) is 1.73. The quantitative estimate of drug-likeness (QED) is 0.516. The molecule has 12 heavy (non-hydrogen) atoms.